The fraction of sp³-hybridized carbons (Fsp3) is 0.278. The second kappa shape index (κ2) is 9.22. The molecule has 2 N–H and O–H groups in total. The Kier molecular flexibility index (Phi) is 6.67. The second-order valence-corrected chi connectivity index (χ2v) is 7.19. The number of methoxy groups -OCH3 is 1. The van der Waals surface area contributed by atoms with Gasteiger partial charge in [-0.1, -0.05) is 12.1 Å². The van der Waals surface area contributed by atoms with Gasteiger partial charge in [-0.2, -0.15) is 18.2 Å². The van der Waals surface area contributed by atoms with E-state index in [1.54, 1.807) is 24.3 Å². The van der Waals surface area contributed by atoms with Crippen molar-refractivity contribution >= 4 is 33.5 Å². The van der Waals surface area contributed by atoms with Crippen LogP contribution in [0, 0.1) is 0 Å². The topological polar surface area (TPSA) is 106 Å². The number of fused-ring (bicyclic) bond motifs is 1. The molecular formula is C18H18F3N5O3S. The van der Waals surface area contributed by atoms with Gasteiger partial charge < -0.3 is 15.4 Å². The third-order valence-corrected chi connectivity index (χ3v) is 4.64. The molecule has 2 aromatic heterocycles. The Balaban J connectivity index is 2.05. The molecule has 0 aliphatic rings. The zero-order valence-electron chi connectivity index (χ0n) is 15.7. The number of alkyl halides is 3. The van der Waals surface area contributed by atoms with E-state index in [0.717, 1.165) is 0 Å². The van der Waals surface area contributed by atoms with Crippen molar-refractivity contribution in [2.45, 2.75) is 11.1 Å². The van der Waals surface area contributed by atoms with Crippen molar-refractivity contribution in [1.82, 2.24) is 15.0 Å². The normalized spacial score (nSPS) is 11.8. The van der Waals surface area contributed by atoms with Crippen molar-refractivity contribution in [1.29, 1.82) is 0 Å². The fourth-order valence-electron chi connectivity index (χ4n) is 2.60. The summed E-state index contributed by atoms with van der Waals surface area (Å²) in [6, 6.07) is 9.28. The lowest BCUT2D eigenvalue weighted by molar-refractivity contribution is -0.115. The number of aromatic nitrogens is 3. The monoisotopic (exact) mass is 441 g/mol. The van der Waals surface area contributed by atoms with Crippen LogP contribution < -0.4 is 10.6 Å². The van der Waals surface area contributed by atoms with Gasteiger partial charge in [0.1, 0.15) is 12.1 Å². The van der Waals surface area contributed by atoms with Crippen LogP contribution in [-0.2, 0) is 15.4 Å². The summed E-state index contributed by atoms with van der Waals surface area (Å²) in [6.45, 7) is -0.566. The number of rotatable bonds is 8. The van der Waals surface area contributed by atoms with Crippen molar-refractivity contribution in [3.05, 3.63) is 36.4 Å². The quantitative estimate of drug-likeness (QED) is 0.362. The zero-order chi connectivity index (χ0) is 21.7. The van der Waals surface area contributed by atoms with Gasteiger partial charge >= 0.3 is 6.18 Å². The summed E-state index contributed by atoms with van der Waals surface area (Å²) in [7, 11) is -1.27. The molecule has 1 aromatic carbocycles. The molecule has 0 aliphatic heterocycles. The number of anilines is 2. The van der Waals surface area contributed by atoms with Crippen LogP contribution in [0.2, 0.25) is 0 Å². The average Bonchev–Trinajstić information content (AvgIpc) is 2.71. The molecule has 0 amide bonds. The molecule has 3 rings (SSSR count). The highest BCUT2D eigenvalue weighted by Gasteiger charge is 2.27. The second-order valence-electron chi connectivity index (χ2n) is 6.16. The van der Waals surface area contributed by atoms with Gasteiger partial charge in [-0.3, -0.25) is 0 Å². The maximum atomic E-state index is 12.7. The lowest BCUT2D eigenvalue weighted by atomic mass is 10.1. The first kappa shape index (κ1) is 21.7. The molecule has 12 heteroatoms. The maximum absolute atomic E-state index is 12.7. The standard InChI is InChI=1S/C18H18F3N5O3S/c1-29-8-7-22-17-25-14-6-5-13(11-3-2-4-12(9-11)30(27)28)24-15(14)16(26-17)23-10-18(19,20)21/h2-6,9,30H,7-8,10H2,1H3,(H2,22,23,25,26). The van der Waals surface area contributed by atoms with E-state index >= 15 is 0 Å². The Labute approximate surface area is 171 Å². The predicted octanol–water partition coefficient (Wildman–Crippen LogP) is 2.69. The minimum atomic E-state index is -4.45. The SMILES string of the molecule is COCCNc1nc(NCC(F)(F)F)c2nc(-c3cccc([SH](=O)=O)c3)ccc2n1. The van der Waals surface area contributed by atoms with Gasteiger partial charge in [-0.25, -0.2) is 18.4 Å². The molecule has 0 fully saturated rings. The van der Waals surface area contributed by atoms with Gasteiger partial charge in [-0.15, -0.1) is 0 Å². The van der Waals surface area contributed by atoms with Crippen LogP contribution in [0.3, 0.4) is 0 Å². The number of benzene rings is 1. The third-order valence-electron chi connectivity index (χ3n) is 3.94. The Hall–Kier alpha value is -2.99. The van der Waals surface area contributed by atoms with Crippen LogP contribution in [0.15, 0.2) is 41.3 Å². The molecule has 0 aliphatic carbocycles. The lowest BCUT2D eigenvalue weighted by Gasteiger charge is -2.13. The Morgan fingerprint density at radius 3 is 2.57 bits per heavy atom. The Morgan fingerprint density at radius 2 is 1.87 bits per heavy atom. The van der Waals surface area contributed by atoms with Crippen LogP contribution >= 0.6 is 0 Å². The molecule has 0 saturated carbocycles. The molecular weight excluding hydrogens is 423 g/mol. The molecule has 0 spiro atoms. The molecule has 0 atom stereocenters. The molecule has 160 valence electrons. The molecule has 0 unspecified atom stereocenters. The van der Waals surface area contributed by atoms with Crippen molar-refractivity contribution in [2.24, 2.45) is 0 Å². The summed E-state index contributed by atoms with van der Waals surface area (Å²) < 4.78 is 65.6. The van der Waals surface area contributed by atoms with E-state index in [-0.39, 0.29) is 22.2 Å². The van der Waals surface area contributed by atoms with E-state index in [9.17, 15) is 21.6 Å². The molecule has 0 radical (unpaired) electrons. The fourth-order valence-corrected chi connectivity index (χ4v) is 3.06. The van der Waals surface area contributed by atoms with Crippen molar-refractivity contribution < 1.29 is 26.3 Å². The van der Waals surface area contributed by atoms with E-state index < -0.39 is 23.4 Å². The minimum absolute atomic E-state index is 0.0925. The van der Waals surface area contributed by atoms with Crippen LogP contribution in [0.4, 0.5) is 24.9 Å². The van der Waals surface area contributed by atoms with E-state index in [1.807, 2.05) is 0 Å². The van der Waals surface area contributed by atoms with Gasteiger partial charge in [0, 0.05) is 19.2 Å². The molecule has 2 heterocycles. The van der Waals surface area contributed by atoms with E-state index in [4.69, 9.17) is 4.74 Å². The first-order valence-corrected chi connectivity index (χ1v) is 9.91. The van der Waals surface area contributed by atoms with Gasteiger partial charge in [0.25, 0.3) is 0 Å². The van der Waals surface area contributed by atoms with Crippen LogP contribution in [-0.4, -0.2) is 56.4 Å². The first-order chi connectivity index (χ1) is 14.3. The molecule has 30 heavy (non-hydrogen) atoms. The molecule has 8 nitrogen and oxygen atoms in total. The summed E-state index contributed by atoms with van der Waals surface area (Å²) in [5.41, 5.74) is 1.33. The number of nitrogens with zero attached hydrogens (tertiary/aromatic N) is 3. The highest BCUT2D eigenvalue weighted by molar-refractivity contribution is 7.72. The van der Waals surface area contributed by atoms with Gasteiger partial charge in [-0.05, 0) is 24.3 Å². The number of hydrogen-bond donors (Lipinski definition) is 3. The maximum Gasteiger partial charge on any atom is 0.405 e. The zero-order valence-corrected chi connectivity index (χ0v) is 16.6. The highest BCUT2D eigenvalue weighted by Crippen LogP contribution is 2.27. The predicted molar refractivity (Wildman–Crippen MR) is 106 cm³/mol. The third kappa shape index (κ3) is 5.54. The summed E-state index contributed by atoms with van der Waals surface area (Å²) in [4.78, 5) is 12.9. The smallest absolute Gasteiger partial charge is 0.383 e. The number of ether oxygens (including phenoxy) is 1. The molecule has 0 saturated heterocycles. The van der Waals surface area contributed by atoms with E-state index in [1.165, 1.54) is 19.2 Å². The largest absolute Gasteiger partial charge is 0.405 e. The summed E-state index contributed by atoms with van der Waals surface area (Å²) in [5, 5.41) is 5.14. The lowest BCUT2D eigenvalue weighted by Crippen LogP contribution is -2.22. The van der Waals surface area contributed by atoms with Gasteiger partial charge in [0.05, 0.1) is 22.7 Å². The molecule has 0 bridgehead atoms. The van der Waals surface area contributed by atoms with Gasteiger partial charge in [0.2, 0.25) is 5.95 Å². The van der Waals surface area contributed by atoms with Crippen LogP contribution in [0.5, 0.6) is 0 Å². The highest BCUT2D eigenvalue weighted by atomic mass is 32.2. The number of hydrogen-bond acceptors (Lipinski definition) is 8. The summed E-state index contributed by atoms with van der Waals surface area (Å²) >= 11 is 0. The van der Waals surface area contributed by atoms with Gasteiger partial charge in [0.15, 0.2) is 16.5 Å². The molecule has 3 aromatic rings. The van der Waals surface area contributed by atoms with Crippen molar-refractivity contribution in [3.63, 3.8) is 0 Å². The van der Waals surface area contributed by atoms with Crippen LogP contribution in [0.1, 0.15) is 0 Å². The first-order valence-electron chi connectivity index (χ1n) is 8.74. The van der Waals surface area contributed by atoms with E-state index in [2.05, 4.69) is 25.6 Å². The number of halogens is 3. The number of nitrogens with one attached hydrogen (secondary N) is 2. The Bertz CT molecular complexity index is 1110. The van der Waals surface area contributed by atoms with E-state index in [0.29, 0.717) is 29.9 Å². The average molecular weight is 441 g/mol. The van der Waals surface area contributed by atoms with Crippen LogP contribution in [0.25, 0.3) is 22.3 Å². The van der Waals surface area contributed by atoms with Crippen molar-refractivity contribution in [2.75, 3.05) is 37.4 Å². The number of pyridine rings is 1. The minimum Gasteiger partial charge on any atom is -0.383 e. The Morgan fingerprint density at radius 1 is 1.07 bits per heavy atom. The summed E-state index contributed by atoms with van der Waals surface area (Å²) in [6.07, 6.45) is -4.45. The van der Waals surface area contributed by atoms with Crippen molar-refractivity contribution in [3.8, 4) is 11.3 Å². The number of thiol groups is 1. The summed E-state index contributed by atoms with van der Waals surface area (Å²) in [5.74, 6) is 0.0364.